The number of aliphatic hydroxyl groups is 3. The molecule has 1 aliphatic rings. The van der Waals surface area contributed by atoms with Crippen LogP contribution in [0.3, 0.4) is 0 Å². The van der Waals surface area contributed by atoms with E-state index in [0.29, 0.717) is 52.4 Å². The maximum absolute atomic E-state index is 11.1. The van der Waals surface area contributed by atoms with Crippen molar-refractivity contribution in [1.82, 2.24) is 20.0 Å². The summed E-state index contributed by atoms with van der Waals surface area (Å²) in [7, 11) is 0. The molecular weight excluding hydrogens is 360 g/mol. The molecule has 27 heavy (non-hydrogen) atoms. The largest absolute Gasteiger partial charge is 0.480 e. The first-order valence-corrected chi connectivity index (χ1v) is 9.10. The van der Waals surface area contributed by atoms with E-state index in [2.05, 4.69) is 5.32 Å². The fraction of sp³-hybridized carbons (Fsp3) is 0.875. The number of aliphatic hydroxyl groups excluding tert-OH is 3. The quantitative estimate of drug-likeness (QED) is 0.242. The molecule has 158 valence electrons. The molecule has 11 heteroatoms. The number of carbonyl (C=O) groups is 2. The fourth-order valence-electron chi connectivity index (χ4n) is 3.11. The molecule has 1 rings (SSSR count). The Hall–Kier alpha value is -1.34. The van der Waals surface area contributed by atoms with Gasteiger partial charge in [0.25, 0.3) is 0 Å². The number of nitrogens with zero attached hydrogens (tertiary/aromatic N) is 3. The molecule has 0 aromatic heterocycles. The lowest BCUT2D eigenvalue weighted by molar-refractivity contribution is -0.139. The number of rotatable bonds is 8. The van der Waals surface area contributed by atoms with E-state index in [1.165, 1.54) is 0 Å². The van der Waals surface area contributed by atoms with Gasteiger partial charge in [0.05, 0.1) is 38.4 Å². The van der Waals surface area contributed by atoms with E-state index >= 15 is 0 Å². The summed E-state index contributed by atoms with van der Waals surface area (Å²) in [5.41, 5.74) is 0. The summed E-state index contributed by atoms with van der Waals surface area (Å²) in [6.45, 7) is 2.57. The summed E-state index contributed by atoms with van der Waals surface area (Å²) in [5, 5.41) is 50.2. The molecule has 1 saturated heterocycles. The molecule has 6 N–H and O–H groups in total. The Bertz CT molecular complexity index is 424. The molecule has 0 amide bonds. The summed E-state index contributed by atoms with van der Waals surface area (Å²) in [6.07, 6.45) is -1.15. The zero-order valence-electron chi connectivity index (χ0n) is 15.5. The Balaban J connectivity index is 2.88. The minimum Gasteiger partial charge on any atom is -0.480 e. The Morgan fingerprint density at radius 1 is 0.815 bits per heavy atom. The van der Waals surface area contributed by atoms with E-state index in [0.717, 1.165) is 0 Å². The molecule has 0 radical (unpaired) electrons. The maximum Gasteiger partial charge on any atom is 0.317 e. The lowest BCUT2D eigenvalue weighted by atomic mass is 10.1. The van der Waals surface area contributed by atoms with Crippen molar-refractivity contribution in [2.45, 2.75) is 12.1 Å². The molecule has 0 aliphatic carbocycles. The van der Waals surface area contributed by atoms with E-state index in [4.69, 9.17) is 10.2 Å². The van der Waals surface area contributed by atoms with Crippen molar-refractivity contribution in [3.8, 4) is 0 Å². The number of hydrogen-bond acceptors (Lipinski definition) is 9. The van der Waals surface area contributed by atoms with E-state index in [-0.39, 0.29) is 19.7 Å². The van der Waals surface area contributed by atoms with Gasteiger partial charge in [-0.2, -0.15) is 0 Å². The molecule has 0 bridgehead atoms. The van der Waals surface area contributed by atoms with Gasteiger partial charge < -0.3 is 30.8 Å². The Morgan fingerprint density at radius 2 is 1.30 bits per heavy atom. The lowest BCUT2D eigenvalue weighted by Crippen LogP contribution is -2.53. The molecule has 0 saturated carbocycles. The molecule has 0 aromatic rings. The number of carboxylic acid groups (broad SMARTS) is 2. The molecule has 0 aromatic carbocycles. The van der Waals surface area contributed by atoms with Gasteiger partial charge in [0.2, 0.25) is 0 Å². The highest BCUT2D eigenvalue weighted by Gasteiger charge is 2.26. The van der Waals surface area contributed by atoms with Crippen molar-refractivity contribution >= 4 is 11.9 Å². The van der Waals surface area contributed by atoms with Crippen molar-refractivity contribution in [3.05, 3.63) is 0 Å². The SMILES string of the molecule is O=C(O)CN1CCNCCN(CC(=O)O)CCN(C(CO)C(O)CO)CC1. The van der Waals surface area contributed by atoms with E-state index in [1.54, 1.807) is 14.7 Å². The highest BCUT2D eigenvalue weighted by molar-refractivity contribution is 5.69. The van der Waals surface area contributed by atoms with Gasteiger partial charge in [-0.05, 0) is 0 Å². The Morgan fingerprint density at radius 3 is 1.67 bits per heavy atom. The van der Waals surface area contributed by atoms with Crippen LogP contribution in [0.4, 0.5) is 0 Å². The zero-order valence-corrected chi connectivity index (χ0v) is 15.5. The Labute approximate surface area is 158 Å². The minimum atomic E-state index is -1.15. The average Bonchev–Trinajstić information content (AvgIpc) is 2.60. The van der Waals surface area contributed by atoms with Gasteiger partial charge in [-0.25, -0.2) is 0 Å². The standard InChI is InChI=1S/C16H32N4O7/c21-11-13(14(23)12-22)20-7-5-18(9-15(24)25)3-1-17-2-4-19(6-8-20)10-16(26)27/h13-14,17,21-23H,1-12H2,(H,24,25)(H,26,27). The molecule has 1 aliphatic heterocycles. The van der Waals surface area contributed by atoms with Crippen LogP contribution in [0.25, 0.3) is 0 Å². The summed E-state index contributed by atoms with van der Waals surface area (Å²) in [4.78, 5) is 27.4. The second-order valence-corrected chi connectivity index (χ2v) is 6.63. The van der Waals surface area contributed by atoms with Gasteiger partial charge in [-0.15, -0.1) is 0 Å². The molecule has 1 fully saturated rings. The number of nitrogens with one attached hydrogen (secondary N) is 1. The first-order valence-electron chi connectivity index (χ1n) is 9.10. The van der Waals surface area contributed by atoms with Crippen molar-refractivity contribution in [2.75, 3.05) is 78.7 Å². The summed E-state index contributed by atoms with van der Waals surface area (Å²) >= 11 is 0. The van der Waals surface area contributed by atoms with Gasteiger partial charge in [0, 0.05) is 52.4 Å². The monoisotopic (exact) mass is 392 g/mol. The van der Waals surface area contributed by atoms with Gasteiger partial charge in [0.15, 0.2) is 0 Å². The van der Waals surface area contributed by atoms with Crippen LogP contribution >= 0.6 is 0 Å². The van der Waals surface area contributed by atoms with Crippen molar-refractivity contribution < 1.29 is 35.1 Å². The summed E-state index contributed by atoms with van der Waals surface area (Å²) in [5.74, 6) is -1.87. The van der Waals surface area contributed by atoms with E-state index in [1.807, 2.05) is 0 Å². The number of carboxylic acids is 2. The fourth-order valence-corrected chi connectivity index (χ4v) is 3.11. The van der Waals surface area contributed by atoms with Crippen LogP contribution in [0.15, 0.2) is 0 Å². The average molecular weight is 392 g/mol. The van der Waals surface area contributed by atoms with Crippen molar-refractivity contribution in [1.29, 1.82) is 0 Å². The van der Waals surface area contributed by atoms with Crippen LogP contribution in [0.2, 0.25) is 0 Å². The highest BCUT2D eigenvalue weighted by Crippen LogP contribution is 2.07. The zero-order chi connectivity index (χ0) is 20.2. The molecule has 2 atom stereocenters. The number of aliphatic carboxylic acids is 2. The smallest absolute Gasteiger partial charge is 0.317 e. The van der Waals surface area contributed by atoms with Crippen LogP contribution in [0, 0.1) is 0 Å². The third-order valence-electron chi connectivity index (χ3n) is 4.62. The number of hydrogen-bond donors (Lipinski definition) is 6. The topological polar surface area (TPSA) is 157 Å². The van der Waals surface area contributed by atoms with Gasteiger partial charge in [0.1, 0.15) is 0 Å². The lowest BCUT2D eigenvalue weighted by Gasteiger charge is -2.36. The predicted molar refractivity (Wildman–Crippen MR) is 96.6 cm³/mol. The second kappa shape index (κ2) is 12.9. The highest BCUT2D eigenvalue weighted by atomic mass is 16.4. The van der Waals surface area contributed by atoms with Crippen LogP contribution in [0.1, 0.15) is 0 Å². The van der Waals surface area contributed by atoms with Crippen molar-refractivity contribution in [2.24, 2.45) is 0 Å². The predicted octanol–water partition coefficient (Wildman–Crippen LogP) is -3.62. The molecule has 0 spiro atoms. The first kappa shape index (κ1) is 23.7. The first-order chi connectivity index (χ1) is 12.9. The maximum atomic E-state index is 11.1. The van der Waals surface area contributed by atoms with Crippen LogP contribution in [-0.4, -0.2) is 143 Å². The van der Waals surface area contributed by atoms with Gasteiger partial charge in [-0.1, -0.05) is 0 Å². The summed E-state index contributed by atoms with van der Waals surface area (Å²) in [6, 6.07) is -0.713. The Kier molecular flexibility index (Phi) is 11.4. The summed E-state index contributed by atoms with van der Waals surface area (Å²) < 4.78 is 0. The van der Waals surface area contributed by atoms with Crippen LogP contribution in [-0.2, 0) is 9.59 Å². The van der Waals surface area contributed by atoms with E-state index in [9.17, 15) is 24.9 Å². The molecule has 11 nitrogen and oxygen atoms in total. The normalized spacial score (nSPS) is 21.7. The molecule has 2 unspecified atom stereocenters. The van der Waals surface area contributed by atoms with Gasteiger partial charge >= 0.3 is 11.9 Å². The molecule has 1 heterocycles. The second-order valence-electron chi connectivity index (χ2n) is 6.63. The third kappa shape index (κ3) is 9.42. The van der Waals surface area contributed by atoms with Crippen molar-refractivity contribution in [3.63, 3.8) is 0 Å². The third-order valence-corrected chi connectivity index (χ3v) is 4.62. The molecular formula is C16H32N4O7. The minimum absolute atomic E-state index is 0.118. The van der Waals surface area contributed by atoms with Gasteiger partial charge in [-0.3, -0.25) is 24.3 Å². The van der Waals surface area contributed by atoms with E-state index < -0.39 is 30.7 Å². The van der Waals surface area contributed by atoms with Crippen LogP contribution in [0.5, 0.6) is 0 Å². The van der Waals surface area contributed by atoms with Crippen LogP contribution < -0.4 is 5.32 Å².